The summed E-state index contributed by atoms with van der Waals surface area (Å²) in [5, 5.41) is 0. The van der Waals surface area contributed by atoms with Crippen molar-refractivity contribution in [2.75, 3.05) is 12.0 Å². The van der Waals surface area contributed by atoms with E-state index in [1.807, 2.05) is 0 Å². The fourth-order valence-corrected chi connectivity index (χ4v) is 1.26. The summed E-state index contributed by atoms with van der Waals surface area (Å²) in [7, 11) is -3.10. The van der Waals surface area contributed by atoms with Crippen molar-refractivity contribution in [3.8, 4) is 0 Å². The van der Waals surface area contributed by atoms with Gasteiger partial charge < -0.3 is 5.73 Å². The van der Waals surface area contributed by atoms with E-state index in [1.54, 1.807) is 0 Å². The van der Waals surface area contributed by atoms with Gasteiger partial charge in [-0.2, -0.15) is 4.98 Å². The third-order valence-corrected chi connectivity index (χ3v) is 1.81. The second kappa shape index (κ2) is 3.02. The van der Waals surface area contributed by atoms with E-state index in [0.29, 0.717) is 0 Å². The van der Waals surface area contributed by atoms with Crippen LogP contribution in [-0.4, -0.2) is 29.6 Å². The number of sulfone groups is 1. The monoisotopic (exact) mass is 188 g/mol. The fraction of sp³-hybridized carbons (Fsp3) is 0.400. The molecule has 66 valence electrons. The predicted octanol–water partition coefficient (Wildman–Crippen LogP) is -1.00. The van der Waals surface area contributed by atoms with Crippen molar-refractivity contribution in [3.63, 3.8) is 0 Å². The summed E-state index contributed by atoms with van der Waals surface area (Å²) in [6.07, 6.45) is 2.29. The maximum atomic E-state index is 10.8. The Morgan fingerprint density at radius 2 is 2.17 bits per heavy atom. The van der Waals surface area contributed by atoms with E-state index in [-0.39, 0.29) is 17.5 Å². The molecular formula is C5H8N4O2S. The zero-order chi connectivity index (χ0) is 9.19. The lowest BCUT2D eigenvalue weighted by molar-refractivity contribution is 0.599. The van der Waals surface area contributed by atoms with Gasteiger partial charge in [-0.3, -0.25) is 0 Å². The van der Waals surface area contributed by atoms with Crippen LogP contribution in [0.4, 0.5) is 5.95 Å². The highest BCUT2D eigenvalue weighted by Gasteiger charge is 2.06. The Morgan fingerprint density at radius 1 is 1.50 bits per heavy atom. The molecule has 0 aromatic carbocycles. The molecule has 0 saturated heterocycles. The zero-order valence-corrected chi connectivity index (χ0v) is 7.24. The quantitative estimate of drug-likeness (QED) is 0.639. The fourth-order valence-electron chi connectivity index (χ4n) is 0.649. The number of rotatable bonds is 2. The number of nitrogens with zero attached hydrogens (tertiary/aromatic N) is 3. The molecule has 0 aliphatic rings. The van der Waals surface area contributed by atoms with E-state index in [4.69, 9.17) is 5.73 Å². The second-order valence-corrected chi connectivity index (χ2v) is 4.47. The van der Waals surface area contributed by atoms with Gasteiger partial charge in [0.1, 0.15) is 17.9 Å². The first-order chi connectivity index (χ1) is 5.47. The number of hydrogen-bond acceptors (Lipinski definition) is 6. The normalized spacial score (nSPS) is 11.4. The van der Waals surface area contributed by atoms with Crippen molar-refractivity contribution in [3.05, 3.63) is 12.2 Å². The Balaban J connectivity index is 2.91. The number of nitrogen functional groups attached to an aromatic ring is 1. The molecule has 0 aliphatic carbocycles. The Morgan fingerprint density at radius 3 is 2.67 bits per heavy atom. The second-order valence-electron chi connectivity index (χ2n) is 2.33. The largest absolute Gasteiger partial charge is 0.368 e. The molecule has 0 fully saturated rings. The molecule has 0 unspecified atom stereocenters. The van der Waals surface area contributed by atoms with Gasteiger partial charge in [0, 0.05) is 6.26 Å². The summed E-state index contributed by atoms with van der Waals surface area (Å²) in [5.41, 5.74) is 5.22. The van der Waals surface area contributed by atoms with Crippen LogP contribution in [0.1, 0.15) is 5.82 Å². The van der Waals surface area contributed by atoms with E-state index < -0.39 is 9.84 Å². The van der Waals surface area contributed by atoms with Gasteiger partial charge in [0.05, 0.1) is 0 Å². The minimum atomic E-state index is -3.10. The highest BCUT2D eigenvalue weighted by Crippen LogP contribution is 1.97. The van der Waals surface area contributed by atoms with E-state index in [1.165, 1.54) is 6.33 Å². The van der Waals surface area contributed by atoms with Crippen LogP contribution in [0.25, 0.3) is 0 Å². The lowest BCUT2D eigenvalue weighted by Gasteiger charge is -1.96. The van der Waals surface area contributed by atoms with Gasteiger partial charge in [0.2, 0.25) is 5.95 Å². The molecule has 1 aromatic heterocycles. The summed E-state index contributed by atoms with van der Waals surface area (Å²) in [4.78, 5) is 10.8. The topological polar surface area (TPSA) is 98.8 Å². The van der Waals surface area contributed by atoms with E-state index in [9.17, 15) is 8.42 Å². The average Bonchev–Trinajstić information content (AvgIpc) is 1.82. The van der Waals surface area contributed by atoms with Gasteiger partial charge in [-0.15, -0.1) is 0 Å². The Bertz CT molecular complexity index is 375. The summed E-state index contributed by atoms with van der Waals surface area (Å²) in [6, 6.07) is 0. The van der Waals surface area contributed by atoms with Gasteiger partial charge in [0.15, 0.2) is 9.84 Å². The summed E-state index contributed by atoms with van der Waals surface area (Å²) >= 11 is 0. The first-order valence-electron chi connectivity index (χ1n) is 3.08. The number of hydrogen-bond donors (Lipinski definition) is 1. The SMILES string of the molecule is CS(=O)(=O)Cc1ncnc(N)n1. The molecule has 12 heavy (non-hydrogen) atoms. The summed E-state index contributed by atoms with van der Waals surface area (Å²) < 4.78 is 21.5. The molecule has 0 aliphatic heterocycles. The predicted molar refractivity (Wildman–Crippen MR) is 42.8 cm³/mol. The highest BCUT2D eigenvalue weighted by molar-refractivity contribution is 7.89. The third-order valence-electron chi connectivity index (χ3n) is 1.03. The zero-order valence-electron chi connectivity index (χ0n) is 6.43. The van der Waals surface area contributed by atoms with Crippen LogP contribution in [-0.2, 0) is 15.6 Å². The highest BCUT2D eigenvalue weighted by atomic mass is 32.2. The van der Waals surface area contributed by atoms with E-state index in [0.717, 1.165) is 6.26 Å². The Kier molecular flexibility index (Phi) is 2.22. The molecule has 0 atom stereocenters. The molecule has 1 heterocycles. The average molecular weight is 188 g/mol. The van der Waals surface area contributed by atoms with Gasteiger partial charge in [0.25, 0.3) is 0 Å². The Hall–Kier alpha value is -1.24. The third kappa shape index (κ3) is 2.79. The molecule has 0 amide bonds. The maximum Gasteiger partial charge on any atom is 0.223 e. The van der Waals surface area contributed by atoms with Crippen LogP contribution in [0.15, 0.2) is 6.33 Å². The molecule has 1 rings (SSSR count). The molecule has 1 aromatic rings. The first-order valence-corrected chi connectivity index (χ1v) is 5.14. The van der Waals surface area contributed by atoms with Crippen molar-refractivity contribution < 1.29 is 8.42 Å². The molecule has 7 heteroatoms. The minimum Gasteiger partial charge on any atom is -0.368 e. The number of anilines is 1. The van der Waals surface area contributed by atoms with Crippen LogP contribution >= 0.6 is 0 Å². The minimum absolute atomic E-state index is 0.0312. The lowest BCUT2D eigenvalue weighted by atomic mass is 10.7. The molecule has 6 nitrogen and oxygen atoms in total. The first kappa shape index (κ1) is 8.85. The number of aromatic nitrogens is 3. The maximum absolute atomic E-state index is 10.8. The molecule has 0 radical (unpaired) electrons. The molecule has 0 spiro atoms. The smallest absolute Gasteiger partial charge is 0.223 e. The molecular weight excluding hydrogens is 180 g/mol. The Labute approximate surface area is 69.8 Å². The van der Waals surface area contributed by atoms with Gasteiger partial charge in [-0.25, -0.2) is 18.4 Å². The van der Waals surface area contributed by atoms with Gasteiger partial charge in [-0.1, -0.05) is 0 Å². The van der Waals surface area contributed by atoms with Crippen LogP contribution < -0.4 is 5.73 Å². The lowest BCUT2D eigenvalue weighted by Crippen LogP contribution is -2.07. The molecule has 2 N–H and O–H groups in total. The number of nitrogens with two attached hydrogens (primary N) is 1. The van der Waals surface area contributed by atoms with Crippen molar-refractivity contribution in [1.29, 1.82) is 0 Å². The van der Waals surface area contributed by atoms with Crippen molar-refractivity contribution >= 4 is 15.8 Å². The van der Waals surface area contributed by atoms with Gasteiger partial charge in [-0.05, 0) is 0 Å². The molecule has 0 bridgehead atoms. The van der Waals surface area contributed by atoms with Crippen LogP contribution in [0, 0.1) is 0 Å². The molecule has 0 saturated carbocycles. The summed E-state index contributed by atoms with van der Waals surface area (Å²) in [5.74, 6) is -0.00616. The summed E-state index contributed by atoms with van der Waals surface area (Å²) in [6.45, 7) is 0. The van der Waals surface area contributed by atoms with E-state index in [2.05, 4.69) is 15.0 Å². The van der Waals surface area contributed by atoms with Crippen LogP contribution in [0.2, 0.25) is 0 Å². The van der Waals surface area contributed by atoms with Gasteiger partial charge >= 0.3 is 0 Å². The standard InChI is InChI=1S/C5H8N4O2S/c1-12(10,11)2-4-7-3-8-5(6)9-4/h3H,2H2,1H3,(H2,6,7,8,9). The van der Waals surface area contributed by atoms with Crippen LogP contribution in [0.3, 0.4) is 0 Å². The van der Waals surface area contributed by atoms with Crippen molar-refractivity contribution in [1.82, 2.24) is 15.0 Å². The van der Waals surface area contributed by atoms with Crippen molar-refractivity contribution in [2.24, 2.45) is 0 Å². The van der Waals surface area contributed by atoms with Crippen LogP contribution in [0.5, 0.6) is 0 Å². The van der Waals surface area contributed by atoms with E-state index >= 15 is 0 Å². The van der Waals surface area contributed by atoms with Crippen molar-refractivity contribution in [2.45, 2.75) is 5.75 Å².